The Labute approximate surface area is 181 Å². The third kappa shape index (κ3) is 5.66. The van der Waals surface area contributed by atoms with Crippen LogP contribution >= 0.6 is 0 Å². The minimum atomic E-state index is -2.79. The highest BCUT2D eigenvalue weighted by molar-refractivity contribution is 5.70. The normalized spacial score (nSPS) is 16.8. The molecular formula is C25H26F2N2O2. The maximum absolute atomic E-state index is 12.8. The molecule has 0 radical (unpaired) electrons. The summed E-state index contributed by atoms with van der Waals surface area (Å²) in [7, 11) is 0. The summed E-state index contributed by atoms with van der Waals surface area (Å²) < 4.78 is 36.8. The van der Waals surface area contributed by atoms with Gasteiger partial charge in [-0.05, 0) is 49.0 Å². The Hall–Kier alpha value is -3.28. The van der Waals surface area contributed by atoms with Crippen molar-refractivity contribution in [2.24, 2.45) is 0 Å². The topological polar surface area (TPSA) is 48.2 Å². The van der Waals surface area contributed by atoms with Crippen molar-refractivity contribution in [2.45, 2.75) is 39.0 Å². The van der Waals surface area contributed by atoms with Crippen LogP contribution in [-0.4, -0.2) is 16.8 Å². The summed E-state index contributed by atoms with van der Waals surface area (Å²) in [5.74, 6) is 0.0937. The van der Waals surface area contributed by atoms with E-state index in [1.807, 2.05) is 24.3 Å². The van der Waals surface area contributed by atoms with Gasteiger partial charge in [0.1, 0.15) is 12.4 Å². The van der Waals surface area contributed by atoms with E-state index < -0.39 is 12.3 Å². The molecule has 1 aromatic rings. The summed E-state index contributed by atoms with van der Waals surface area (Å²) in [6.45, 7) is 10.4. The molecule has 0 bridgehead atoms. The summed E-state index contributed by atoms with van der Waals surface area (Å²) in [5.41, 5.74) is 4.81. The lowest BCUT2D eigenvalue weighted by molar-refractivity contribution is 0.114. The molecule has 0 saturated carbocycles. The lowest BCUT2D eigenvalue weighted by Crippen LogP contribution is -2.04. The fourth-order valence-corrected chi connectivity index (χ4v) is 3.37. The molecule has 2 aliphatic carbocycles. The zero-order chi connectivity index (χ0) is 22.2. The second kappa shape index (κ2) is 10.7. The Kier molecular flexibility index (Phi) is 7.70. The van der Waals surface area contributed by atoms with Crippen LogP contribution < -0.4 is 0 Å². The van der Waals surface area contributed by atoms with E-state index in [0.717, 1.165) is 36.0 Å². The van der Waals surface area contributed by atoms with Gasteiger partial charge >= 0.3 is 6.43 Å². The minimum absolute atomic E-state index is 0.0853. The van der Waals surface area contributed by atoms with Gasteiger partial charge in [0.25, 0.3) is 5.89 Å². The number of halogens is 2. The third-order valence-electron chi connectivity index (χ3n) is 5.14. The summed E-state index contributed by atoms with van der Waals surface area (Å²) in [5, 5.41) is 7.15. The zero-order valence-electron chi connectivity index (χ0n) is 17.6. The second-order valence-corrected chi connectivity index (χ2v) is 7.12. The van der Waals surface area contributed by atoms with Crippen LogP contribution in [-0.2, 0) is 4.74 Å². The molecular weight excluding hydrogens is 398 g/mol. The molecule has 1 aromatic heterocycles. The standard InChI is InChI=1S/C25H26F2N2O2/c1-4-9-22(17(3)19-10-7-6-8-11-19)30-16-21-15-14-20(13-12-18(21)5-2)24-28-29-25(31-24)23(26)27/h4,6-7,9-10,13-15,23H,1,3,5,8,11-12,16H2,2H3/b22-9+. The molecule has 0 atom stereocenters. The highest BCUT2D eigenvalue weighted by atomic mass is 19.3. The maximum Gasteiger partial charge on any atom is 0.314 e. The van der Waals surface area contributed by atoms with Crippen molar-refractivity contribution in [3.8, 4) is 0 Å². The SMILES string of the molecule is C=C/C=C(/OCC1=C(CC)CC=C(c2nnc(C(F)F)o2)C=C1)C(=C)C1=CC=CCC1. The predicted octanol–water partition coefficient (Wildman–Crippen LogP) is 6.98. The molecule has 0 amide bonds. The van der Waals surface area contributed by atoms with Gasteiger partial charge in [-0.15, -0.1) is 10.2 Å². The number of rotatable bonds is 9. The van der Waals surface area contributed by atoms with Gasteiger partial charge in [0.05, 0.1) is 0 Å². The summed E-state index contributed by atoms with van der Waals surface area (Å²) in [6.07, 6.45) is 15.9. The molecule has 4 nitrogen and oxygen atoms in total. The first-order valence-electron chi connectivity index (χ1n) is 10.2. The monoisotopic (exact) mass is 424 g/mol. The van der Waals surface area contributed by atoms with E-state index in [9.17, 15) is 8.78 Å². The Morgan fingerprint density at radius 3 is 2.81 bits per heavy atom. The number of nitrogens with zero attached hydrogens (tertiary/aromatic N) is 2. The van der Waals surface area contributed by atoms with Crippen LogP contribution in [0.1, 0.15) is 50.8 Å². The van der Waals surface area contributed by atoms with E-state index in [4.69, 9.17) is 9.15 Å². The van der Waals surface area contributed by atoms with Gasteiger partial charge in [-0.1, -0.05) is 62.1 Å². The lowest BCUT2D eigenvalue weighted by Gasteiger charge is -2.18. The largest absolute Gasteiger partial charge is 0.488 e. The third-order valence-corrected chi connectivity index (χ3v) is 5.14. The zero-order valence-corrected chi connectivity index (χ0v) is 17.6. The van der Waals surface area contributed by atoms with Gasteiger partial charge in [0.2, 0.25) is 5.89 Å². The minimum Gasteiger partial charge on any atom is -0.488 e. The van der Waals surface area contributed by atoms with E-state index in [1.54, 1.807) is 12.2 Å². The molecule has 2 aliphatic rings. The molecule has 0 unspecified atom stereocenters. The number of hydrogen-bond acceptors (Lipinski definition) is 4. The van der Waals surface area contributed by atoms with Gasteiger partial charge in [-0.2, -0.15) is 8.78 Å². The van der Waals surface area contributed by atoms with Crippen molar-refractivity contribution in [3.63, 3.8) is 0 Å². The van der Waals surface area contributed by atoms with Crippen molar-refractivity contribution < 1.29 is 17.9 Å². The summed E-state index contributed by atoms with van der Waals surface area (Å²) in [6, 6.07) is 0. The predicted molar refractivity (Wildman–Crippen MR) is 118 cm³/mol. The molecule has 6 heteroatoms. The first-order valence-corrected chi connectivity index (χ1v) is 10.2. The number of aromatic nitrogens is 2. The Morgan fingerprint density at radius 1 is 1.32 bits per heavy atom. The summed E-state index contributed by atoms with van der Waals surface area (Å²) in [4.78, 5) is 0. The molecule has 0 spiro atoms. The fourth-order valence-electron chi connectivity index (χ4n) is 3.37. The van der Waals surface area contributed by atoms with Crippen molar-refractivity contribution >= 4 is 5.57 Å². The summed E-state index contributed by atoms with van der Waals surface area (Å²) >= 11 is 0. The van der Waals surface area contributed by atoms with Crippen LogP contribution in [0.25, 0.3) is 5.57 Å². The van der Waals surface area contributed by atoms with Crippen LogP contribution in [0.15, 0.2) is 94.2 Å². The number of ether oxygens (including phenoxy) is 1. The van der Waals surface area contributed by atoms with E-state index >= 15 is 0 Å². The highest BCUT2D eigenvalue weighted by Crippen LogP contribution is 2.29. The van der Waals surface area contributed by atoms with Gasteiger partial charge in [0, 0.05) is 11.1 Å². The van der Waals surface area contributed by atoms with Crippen molar-refractivity contribution in [3.05, 3.63) is 102 Å². The van der Waals surface area contributed by atoms with Crippen LogP contribution in [0.4, 0.5) is 8.78 Å². The number of hydrogen-bond donors (Lipinski definition) is 0. The Morgan fingerprint density at radius 2 is 2.16 bits per heavy atom. The molecule has 0 N–H and O–H groups in total. The quantitative estimate of drug-likeness (QED) is 0.317. The van der Waals surface area contributed by atoms with Crippen molar-refractivity contribution in [2.75, 3.05) is 6.61 Å². The van der Waals surface area contributed by atoms with Crippen molar-refractivity contribution in [1.29, 1.82) is 0 Å². The average Bonchev–Trinajstić information content (AvgIpc) is 3.19. The fraction of sp³-hybridized carbons (Fsp3) is 0.280. The van der Waals surface area contributed by atoms with E-state index in [0.29, 0.717) is 24.4 Å². The van der Waals surface area contributed by atoms with Crippen LogP contribution in [0, 0.1) is 0 Å². The van der Waals surface area contributed by atoms with Crippen LogP contribution in [0.3, 0.4) is 0 Å². The van der Waals surface area contributed by atoms with Gasteiger partial charge in [0.15, 0.2) is 0 Å². The number of alkyl halides is 2. The van der Waals surface area contributed by atoms with Crippen LogP contribution in [0.5, 0.6) is 0 Å². The first kappa shape index (κ1) is 22.4. The lowest BCUT2D eigenvalue weighted by atomic mass is 9.97. The van der Waals surface area contributed by atoms with Crippen molar-refractivity contribution in [1.82, 2.24) is 10.2 Å². The molecule has 0 saturated heterocycles. The molecule has 0 aliphatic heterocycles. The molecule has 3 rings (SSSR count). The van der Waals surface area contributed by atoms with E-state index in [1.165, 1.54) is 5.57 Å². The smallest absolute Gasteiger partial charge is 0.314 e. The molecule has 0 aromatic carbocycles. The number of allylic oxidation sites excluding steroid dienone is 10. The Bertz CT molecular complexity index is 1020. The molecule has 31 heavy (non-hydrogen) atoms. The molecule has 0 fully saturated rings. The average molecular weight is 424 g/mol. The Balaban J connectivity index is 1.74. The maximum atomic E-state index is 12.8. The van der Waals surface area contributed by atoms with E-state index in [-0.39, 0.29) is 5.89 Å². The molecule has 1 heterocycles. The first-order chi connectivity index (χ1) is 15.0. The van der Waals surface area contributed by atoms with Gasteiger partial charge in [-0.3, -0.25) is 0 Å². The molecule has 162 valence electrons. The second-order valence-electron chi connectivity index (χ2n) is 7.12. The van der Waals surface area contributed by atoms with Crippen LogP contribution in [0.2, 0.25) is 0 Å². The van der Waals surface area contributed by atoms with Gasteiger partial charge < -0.3 is 9.15 Å². The van der Waals surface area contributed by atoms with E-state index in [2.05, 4.69) is 42.4 Å². The highest BCUT2D eigenvalue weighted by Gasteiger charge is 2.19. The van der Waals surface area contributed by atoms with Gasteiger partial charge in [-0.25, -0.2) is 0 Å².